The van der Waals surface area contributed by atoms with E-state index in [0.717, 1.165) is 10.9 Å². The predicted octanol–water partition coefficient (Wildman–Crippen LogP) is 4.12. The minimum Gasteiger partial charge on any atom is -0.271 e. The molecule has 0 saturated carbocycles. The van der Waals surface area contributed by atoms with E-state index in [9.17, 15) is 0 Å². The van der Waals surface area contributed by atoms with Crippen molar-refractivity contribution in [2.24, 2.45) is 5.84 Å². The van der Waals surface area contributed by atoms with E-state index in [1.54, 1.807) is 0 Å². The maximum absolute atomic E-state index is 5.79. The van der Waals surface area contributed by atoms with Crippen LogP contribution in [0.4, 0.5) is 0 Å². The highest BCUT2D eigenvalue weighted by atomic mass is 79.9. The molecule has 0 aliphatic heterocycles. The average Bonchev–Trinajstić information content (AvgIpc) is 2.40. The Kier molecular flexibility index (Phi) is 4.97. The highest BCUT2D eigenvalue weighted by Gasteiger charge is 2.16. The lowest BCUT2D eigenvalue weighted by Gasteiger charge is -2.20. The molecular weight excluding hydrogens is 312 g/mol. The first-order valence-electron chi connectivity index (χ1n) is 6.80. The maximum Gasteiger partial charge on any atom is 0.0511 e. The van der Waals surface area contributed by atoms with Crippen LogP contribution in [0.15, 0.2) is 40.9 Å². The van der Waals surface area contributed by atoms with Crippen LogP contribution in [-0.4, -0.2) is 0 Å². The summed E-state index contributed by atoms with van der Waals surface area (Å²) in [5.41, 5.74) is 9.38. The van der Waals surface area contributed by atoms with Crippen molar-refractivity contribution >= 4 is 15.9 Å². The highest BCUT2D eigenvalue weighted by Crippen LogP contribution is 2.28. The molecule has 0 aromatic heterocycles. The number of hydrazine groups is 1. The number of hydrogen-bond acceptors (Lipinski definition) is 2. The van der Waals surface area contributed by atoms with Gasteiger partial charge in [-0.25, -0.2) is 0 Å². The molecule has 0 aliphatic rings. The van der Waals surface area contributed by atoms with Crippen molar-refractivity contribution in [2.45, 2.75) is 33.2 Å². The Balaban J connectivity index is 2.34. The lowest BCUT2D eigenvalue weighted by molar-refractivity contribution is 0.547. The van der Waals surface area contributed by atoms with E-state index in [1.807, 2.05) is 0 Å². The molecule has 2 rings (SSSR count). The second-order valence-corrected chi connectivity index (χ2v) is 6.17. The lowest BCUT2D eigenvalue weighted by atomic mass is 9.93. The Morgan fingerprint density at radius 1 is 1.10 bits per heavy atom. The SMILES string of the molecule is Cc1ccc(C(Cc2c(C)cccc2C)NN)c(Br)c1. The van der Waals surface area contributed by atoms with E-state index in [4.69, 9.17) is 5.84 Å². The largest absolute Gasteiger partial charge is 0.271 e. The standard InChI is InChI=1S/C17H21BrN2/c1-11-7-8-14(16(18)9-11)17(20-19)10-15-12(2)5-4-6-13(15)3/h4-9,17,20H,10,19H2,1-3H3. The lowest BCUT2D eigenvalue weighted by Crippen LogP contribution is -2.30. The summed E-state index contributed by atoms with van der Waals surface area (Å²) >= 11 is 3.64. The van der Waals surface area contributed by atoms with E-state index in [2.05, 4.69) is 78.5 Å². The van der Waals surface area contributed by atoms with Gasteiger partial charge in [0.25, 0.3) is 0 Å². The third kappa shape index (κ3) is 3.29. The second kappa shape index (κ2) is 6.53. The van der Waals surface area contributed by atoms with E-state index < -0.39 is 0 Å². The Hall–Kier alpha value is -1.16. The molecule has 0 heterocycles. The molecule has 0 saturated heterocycles. The van der Waals surface area contributed by atoms with Crippen LogP contribution in [0.25, 0.3) is 0 Å². The first-order chi connectivity index (χ1) is 9.52. The summed E-state index contributed by atoms with van der Waals surface area (Å²) in [7, 11) is 0. The highest BCUT2D eigenvalue weighted by molar-refractivity contribution is 9.10. The fourth-order valence-corrected chi connectivity index (χ4v) is 3.32. The maximum atomic E-state index is 5.79. The molecular formula is C17H21BrN2. The van der Waals surface area contributed by atoms with Crippen molar-refractivity contribution in [3.05, 3.63) is 68.7 Å². The van der Waals surface area contributed by atoms with Gasteiger partial charge in [0, 0.05) is 4.47 Å². The summed E-state index contributed by atoms with van der Waals surface area (Å²) in [4.78, 5) is 0. The van der Waals surface area contributed by atoms with Crippen LogP contribution in [0.3, 0.4) is 0 Å². The van der Waals surface area contributed by atoms with Crippen LogP contribution >= 0.6 is 15.9 Å². The van der Waals surface area contributed by atoms with Gasteiger partial charge in [0.1, 0.15) is 0 Å². The van der Waals surface area contributed by atoms with Gasteiger partial charge in [0.15, 0.2) is 0 Å². The van der Waals surface area contributed by atoms with E-state index in [1.165, 1.54) is 27.8 Å². The number of halogens is 1. The van der Waals surface area contributed by atoms with Crippen LogP contribution in [0.5, 0.6) is 0 Å². The van der Waals surface area contributed by atoms with Gasteiger partial charge in [-0.1, -0.05) is 46.3 Å². The van der Waals surface area contributed by atoms with Crippen LogP contribution in [0.2, 0.25) is 0 Å². The monoisotopic (exact) mass is 332 g/mol. The normalized spacial score (nSPS) is 12.4. The van der Waals surface area contributed by atoms with E-state index in [0.29, 0.717) is 0 Å². The molecule has 0 bridgehead atoms. The van der Waals surface area contributed by atoms with Crippen molar-refractivity contribution in [3.63, 3.8) is 0 Å². The summed E-state index contributed by atoms with van der Waals surface area (Å²) in [6.45, 7) is 6.39. The minimum absolute atomic E-state index is 0.102. The van der Waals surface area contributed by atoms with Gasteiger partial charge in [-0.2, -0.15) is 0 Å². The van der Waals surface area contributed by atoms with Crippen molar-refractivity contribution in [2.75, 3.05) is 0 Å². The van der Waals surface area contributed by atoms with Crippen LogP contribution in [0, 0.1) is 20.8 Å². The molecule has 0 amide bonds. The van der Waals surface area contributed by atoms with Gasteiger partial charge in [-0.15, -0.1) is 0 Å². The summed E-state index contributed by atoms with van der Waals surface area (Å²) in [5.74, 6) is 5.79. The Labute approximate surface area is 129 Å². The number of aryl methyl sites for hydroxylation is 3. The quantitative estimate of drug-likeness (QED) is 0.652. The molecule has 2 aromatic rings. The van der Waals surface area contributed by atoms with Gasteiger partial charge in [-0.05, 0) is 61.1 Å². The number of benzene rings is 2. The predicted molar refractivity (Wildman–Crippen MR) is 88.6 cm³/mol. The molecule has 0 radical (unpaired) electrons. The summed E-state index contributed by atoms with van der Waals surface area (Å²) < 4.78 is 1.10. The zero-order chi connectivity index (χ0) is 14.7. The third-order valence-corrected chi connectivity index (χ3v) is 4.47. The molecule has 1 unspecified atom stereocenters. The van der Waals surface area contributed by atoms with Gasteiger partial charge < -0.3 is 0 Å². The number of hydrogen-bond donors (Lipinski definition) is 2. The number of nitrogens with one attached hydrogen (secondary N) is 1. The fraction of sp³-hybridized carbons (Fsp3) is 0.294. The van der Waals surface area contributed by atoms with E-state index >= 15 is 0 Å². The van der Waals surface area contributed by atoms with E-state index in [-0.39, 0.29) is 6.04 Å². The Morgan fingerprint density at radius 2 is 1.75 bits per heavy atom. The van der Waals surface area contributed by atoms with Crippen LogP contribution in [-0.2, 0) is 6.42 Å². The van der Waals surface area contributed by atoms with Crippen LogP contribution in [0.1, 0.15) is 33.9 Å². The van der Waals surface area contributed by atoms with Crippen molar-refractivity contribution in [3.8, 4) is 0 Å². The molecule has 2 aromatic carbocycles. The summed E-state index contributed by atoms with van der Waals surface area (Å²) in [5, 5.41) is 0. The zero-order valence-corrected chi connectivity index (χ0v) is 13.8. The fourth-order valence-electron chi connectivity index (χ4n) is 2.55. The summed E-state index contributed by atoms with van der Waals surface area (Å²) in [6.07, 6.45) is 0.886. The van der Waals surface area contributed by atoms with Crippen molar-refractivity contribution in [1.82, 2.24) is 5.43 Å². The minimum atomic E-state index is 0.102. The summed E-state index contributed by atoms with van der Waals surface area (Å²) in [6, 6.07) is 12.9. The van der Waals surface area contributed by atoms with Crippen LogP contribution < -0.4 is 11.3 Å². The number of nitrogens with two attached hydrogens (primary N) is 1. The third-order valence-electron chi connectivity index (χ3n) is 3.79. The zero-order valence-electron chi connectivity index (χ0n) is 12.2. The molecule has 3 heteroatoms. The number of rotatable bonds is 4. The molecule has 20 heavy (non-hydrogen) atoms. The average molecular weight is 333 g/mol. The first-order valence-corrected chi connectivity index (χ1v) is 7.59. The molecule has 3 N–H and O–H groups in total. The van der Waals surface area contributed by atoms with Gasteiger partial charge >= 0.3 is 0 Å². The van der Waals surface area contributed by atoms with Gasteiger partial charge in [0.05, 0.1) is 6.04 Å². The van der Waals surface area contributed by atoms with Crippen molar-refractivity contribution in [1.29, 1.82) is 0 Å². The Morgan fingerprint density at radius 3 is 2.30 bits per heavy atom. The topological polar surface area (TPSA) is 38.0 Å². The smallest absolute Gasteiger partial charge is 0.0511 e. The molecule has 1 atom stereocenters. The van der Waals surface area contributed by atoms with Gasteiger partial charge in [-0.3, -0.25) is 11.3 Å². The second-order valence-electron chi connectivity index (χ2n) is 5.32. The molecule has 106 valence electrons. The van der Waals surface area contributed by atoms with Gasteiger partial charge in [0.2, 0.25) is 0 Å². The molecule has 2 nitrogen and oxygen atoms in total. The molecule has 0 aliphatic carbocycles. The Bertz CT molecular complexity index is 588. The molecule has 0 spiro atoms. The molecule has 0 fully saturated rings. The van der Waals surface area contributed by atoms with Crippen molar-refractivity contribution < 1.29 is 0 Å². The first kappa shape index (κ1) is 15.2.